The summed E-state index contributed by atoms with van der Waals surface area (Å²) in [4.78, 5) is 34.8. The Balaban J connectivity index is 1.33. The molecule has 34 heavy (non-hydrogen) atoms. The number of ether oxygens (including phenoxy) is 1. The highest BCUT2D eigenvalue weighted by atomic mass is 35.5. The van der Waals surface area contributed by atoms with Gasteiger partial charge in [-0.15, -0.1) is 0 Å². The van der Waals surface area contributed by atoms with Gasteiger partial charge in [-0.2, -0.15) is 5.26 Å². The first-order chi connectivity index (χ1) is 16.4. The maximum absolute atomic E-state index is 13.0. The Morgan fingerprint density at radius 2 is 2.00 bits per heavy atom. The standard InChI is InChI=1S/C23H26ClN7O3/c24-18-11-17(4-1-14(18)12-25)34-16-5-2-15(3-6-16)30-22(32)21-20(28-7-8-29-21)19-13-31(23(26)33)10-9-27-19/h1,4,7-8,11,15-16,19,27H,2-3,5-6,9-10,13H2,(H2,26,33)(H,30,32). The number of aromatic nitrogens is 2. The average Bonchev–Trinajstić information content (AvgIpc) is 2.85. The van der Waals surface area contributed by atoms with Crippen molar-refractivity contribution in [1.82, 2.24) is 25.5 Å². The molecule has 178 valence electrons. The smallest absolute Gasteiger partial charge is 0.314 e. The molecule has 1 unspecified atom stereocenters. The number of nitrogens with zero attached hydrogens (tertiary/aromatic N) is 4. The molecule has 2 heterocycles. The highest BCUT2D eigenvalue weighted by Crippen LogP contribution is 2.27. The van der Waals surface area contributed by atoms with E-state index in [1.165, 1.54) is 17.3 Å². The van der Waals surface area contributed by atoms with Crippen molar-refractivity contribution in [1.29, 1.82) is 5.26 Å². The number of carbonyl (C=O) groups excluding carboxylic acids is 2. The third-order valence-electron chi connectivity index (χ3n) is 6.13. The number of nitrogens with one attached hydrogen (secondary N) is 2. The van der Waals surface area contributed by atoms with Crippen LogP contribution in [-0.4, -0.2) is 58.6 Å². The van der Waals surface area contributed by atoms with E-state index in [1.807, 2.05) is 6.07 Å². The molecule has 11 heteroatoms. The molecular weight excluding hydrogens is 458 g/mol. The van der Waals surface area contributed by atoms with Gasteiger partial charge in [-0.3, -0.25) is 9.78 Å². The molecule has 2 aliphatic rings. The first-order valence-electron chi connectivity index (χ1n) is 11.2. The van der Waals surface area contributed by atoms with Gasteiger partial charge in [0, 0.05) is 44.1 Å². The van der Waals surface area contributed by atoms with Gasteiger partial charge in [-0.25, -0.2) is 9.78 Å². The molecule has 1 atom stereocenters. The van der Waals surface area contributed by atoms with Crippen molar-refractivity contribution >= 4 is 23.5 Å². The van der Waals surface area contributed by atoms with Crippen LogP contribution in [0.1, 0.15) is 53.5 Å². The number of primary amides is 1. The first-order valence-corrected chi connectivity index (χ1v) is 11.6. The Kier molecular flexibility index (Phi) is 7.45. The van der Waals surface area contributed by atoms with Crippen molar-refractivity contribution in [2.24, 2.45) is 5.73 Å². The fourth-order valence-electron chi connectivity index (χ4n) is 4.34. The van der Waals surface area contributed by atoms with Gasteiger partial charge in [-0.1, -0.05) is 11.6 Å². The number of nitriles is 1. The van der Waals surface area contributed by atoms with Crippen molar-refractivity contribution < 1.29 is 14.3 Å². The minimum Gasteiger partial charge on any atom is -0.490 e. The van der Waals surface area contributed by atoms with Crippen LogP contribution in [-0.2, 0) is 0 Å². The van der Waals surface area contributed by atoms with Crippen LogP contribution >= 0.6 is 11.6 Å². The molecule has 1 aliphatic carbocycles. The van der Waals surface area contributed by atoms with E-state index >= 15 is 0 Å². The van der Waals surface area contributed by atoms with Crippen LogP contribution in [0.15, 0.2) is 30.6 Å². The second kappa shape index (κ2) is 10.7. The minimum atomic E-state index is -0.497. The third kappa shape index (κ3) is 5.55. The number of piperazine rings is 1. The van der Waals surface area contributed by atoms with E-state index in [-0.39, 0.29) is 29.8 Å². The van der Waals surface area contributed by atoms with Crippen molar-refractivity contribution in [3.05, 3.63) is 52.6 Å². The molecular formula is C23H26ClN7O3. The second-order valence-corrected chi connectivity index (χ2v) is 8.81. The Hall–Kier alpha value is -3.42. The predicted molar refractivity (Wildman–Crippen MR) is 124 cm³/mol. The Morgan fingerprint density at radius 1 is 1.24 bits per heavy atom. The molecule has 10 nitrogen and oxygen atoms in total. The number of rotatable bonds is 5. The number of nitrogens with two attached hydrogens (primary N) is 1. The molecule has 0 radical (unpaired) electrons. The molecule has 0 spiro atoms. The normalized spacial score (nSPS) is 22.5. The zero-order valence-electron chi connectivity index (χ0n) is 18.5. The molecule has 1 aliphatic heterocycles. The summed E-state index contributed by atoms with van der Waals surface area (Å²) in [5, 5.41) is 15.7. The molecule has 4 rings (SSSR count). The van der Waals surface area contributed by atoms with Gasteiger partial charge in [0.2, 0.25) is 0 Å². The average molecular weight is 484 g/mol. The van der Waals surface area contributed by atoms with Crippen molar-refractivity contribution in [3.8, 4) is 11.8 Å². The molecule has 1 aromatic heterocycles. The topological polar surface area (TPSA) is 146 Å². The Morgan fingerprint density at radius 3 is 2.71 bits per heavy atom. The van der Waals surface area contributed by atoms with E-state index in [0.717, 1.165) is 25.7 Å². The molecule has 1 saturated heterocycles. The highest BCUT2D eigenvalue weighted by molar-refractivity contribution is 6.31. The van der Waals surface area contributed by atoms with E-state index in [0.29, 0.717) is 41.7 Å². The second-order valence-electron chi connectivity index (χ2n) is 8.40. The Bertz CT molecular complexity index is 1100. The van der Waals surface area contributed by atoms with Crippen LogP contribution in [0.3, 0.4) is 0 Å². The summed E-state index contributed by atoms with van der Waals surface area (Å²) in [7, 11) is 0. The van der Waals surface area contributed by atoms with Gasteiger partial charge in [-0.05, 0) is 37.8 Å². The minimum absolute atomic E-state index is 0.00630. The molecule has 3 amide bonds. The van der Waals surface area contributed by atoms with Crippen LogP contribution in [0.25, 0.3) is 0 Å². The van der Waals surface area contributed by atoms with E-state index in [4.69, 9.17) is 27.3 Å². The Labute approximate surface area is 202 Å². The SMILES string of the molecule is N#Cc1ccc(OC2CCC(NC(=O)c3nccnc3C3CN(C(N)=O)CCN3)CC2)cc1Cl. The highest BCUT2D eigenvalue weighted by Gasteiger charge is 2.30. The maximum Gasteiger partial charge on any atom is 0.314 e. The largest absolute Gasteiger partial charge is 0.490 e. The van der Waals surface area contributed by atoms with Crippen LogP contribution in [0.2, 0.25) is 5.02 Å². The number of amides is 3. The third-order valence-corrected chi connectivity index (χ3v) is 6.44. The summed E-state index contributed by atoms with van der Waals surface area (Å²) in [6.07, 6.45) is 6.09. The number of halogens is 1. The van der Waals surface area contributed by atoms with E-state index in [9.17, 15) is 9.59 Å². The van der Waals surface area contributed by atoms with Crippen LogP contribution < -0.4 is 21.1 Å². The lowest BCUT2D eigenvalue weighted by molar-refractivity contribution is 0.0886. The zero-order chi connectivity index (χ0) is 24.1. The summed E-state index contributed by atoms with van der Waals surface area (Å²) >= 11 is 6.09. The fraction of sp³-hybridized carbons (Fsp3) is 0.435. The fourth-order valence-corrected chi connectivity index (χ4v) is 4.56. The van der Waals surface area contributed by atoms with Crippen LogP contribution in [0.5, 0.6) is 5.75 Å². The summed E-state index contributed by atoms with van der Waals surface area (Å²) in [6.45, 7) is 1.39. The van der Waals surface area contributed by atoms with Gasteiger partial charge in [0.15, 0.2) is 5.69 Å². The van der Waals surface area contributed by atoms with E-state index < -0.39 is 6.03 Å². The zero-order valence-corrected chi connectivity index (χ0v) is 19.3. The van der Waals surface area contributed by atoms with Gasteiger partial charge in [0.25, 0.3) is 5.91 Å². The van der Waals surface area contributed by atoms with Crippen molar-refractivity contribution in [2.45, 2.75) is 43.9 Å². The number of carbonyl (C=O) groups is 2. The molecule has 1 aromatic carbocycles. The quantitative estimate of drug-likeness (QED) is 0.590. The van der Waals surface area contributed by atoms with Crippen molar-refractivity contribution in [3.63, 3.8) is 0 Å². The van der Waals surface area contributed by atoms with E-state index in [2.05, 4.69) is 20.6 Å². The lowest BCUT2D eigenvalue weighted by Crippen LogP contribution is -2.51. The lowest BCUT2D eigenvalue weighted by atomic mass is 9.92. The number of urea groups is 1. The predicted octanol–water partition coefficient (Wildman–Crippen LogP) is 2.15. The van der Waals surface area contributed by atoms with Crippen LogP contribution in [0, 0.1) is 11.3 Å². The van der Waals surface area contributed by atoms with Gasteiger partial charge in [0.1, 0.15) is 11.8 Å². The molecule has 1 saturated carbocycles. The monoisotopic (exact) mass is 483 g/mol. The maximum atomic E-state index is 13.0. The summed E-state index contributed by atoms with van der Waals surface area (Å²) in [5.41, 5.74) is 6.58. The molecule has 0 bridgehead atoms. The molecule has 4 N–H and O–H groups in total. The first kappa shape index (κ1) is 23.7. The van der Waals surface area contributed by atoms with Gasteiger partial charge < -0.3 is 26.0 Å². The molecule has 2 fully saturated rings. The summed E-state index contributed by atoms with van der Waals surface area (Å²) < 4.78 is 6.02. The van der Waals surface area contributed by atoms with Gasteiger partial charge in [0.05, 0.1) is 28.4 Å². The van der Waals surface area contributed by atoms with E-state index in [1.54, 1.807) is 18.2 Å². The number of hydrogen-bond acceptors (Lipinski definition) is 7. The lowest BCUT2D eigenvalue weighted by Gasteiger charge is -2.33. The van der Waals surface area contributed by atoms with Crippen molar-refractivity contribution in [2.75, 3.05) is 19.6 Å². The van der Waals surface area contributed by atoms with Crippen LogP contribution in [0.4, 0.5) is 4.79 Å². The van der Waals surface area contributed by atoms with Gasteiger partial charge >= 0.3 is 6.03 Å². The summed E-state index contributed by atoms with van der Waals surface area (Å²) in [6, 6.07) is 6.25. The number of hydrogen-bond donors (Lipinski definition) is 3. The molecule has 2 aromatic rings. The summed E-state index contributed by atoms with van der Waals surface area (Å²) in [5.74, 6) is 0.343. The number of benzene rings is 1.